The summed E-state index contributed by atoms with van der Waals surface area (Å²) in [5.74, 6) is -0.426. The maximum atomic E-state index is 11.5. The molecule has 19 heavy (non-hydrogen) atoms. The molecule has 1 unspecified atom stereocenters. The summed E-state index contributed by atoms with van der Waals surface area (Å²) in [5, 5.41) is 10.7. The molecule has 1 atom stereocenters. The molecule has 0 radical (unpaired) electrons. The summed E-state index contributed by atoms with van der Waals surface area (Å²) < 4.78 is 5.51. The molecule has 2 rings (SSSR count). The van der Waals surface area contributed by atoms with Crippen molar-refractivity contribution >= 4 is 5.91 Å². The van der Waals surface area contributed by atoms with Crippen LogP contribution in [0.5, 0.6) is 0 Å². The number of amides is 1. The van der Waals surface area contributed by atoms with E-state index in [1.54, 1.807) is 6.92 Å². The molecule has 2 fully saturated rings. The third kappa shape index (κ3) is 3.68. The molecule has 1 amide bonds. The van der Waals surface area contributed by atoms with Crippen molar-refractivity contribution in [2.45, 2.75) is 56.7 Å². The van der Waals surface area contributed by atoms with Gasteiger partial charge in [0, 0.05) is 19.6 Å². The minimum Gasteiger partial charge on any atom is -0.389 e. The largest absolute Gasteiger partial charge is 0.389 e. The van der Waals surface area contributed by atoms with Gasteiger partial charge >= 0.3 is 0 Å². The fraction of sp³-hybridized carbons (Fsp3) is 0.929. The normalized spacial score (nSPS) is 32.7. The van der Waals surface area contributed by atoms with E-state index in [0.717, 1.165) is 32.2 Å². The van der Waals surface area contributed by atoms with Crippen molar-refractivity contribution in [3.8, 4) is 0 Å². The maximum absolute atomic E-state index is 11.5. The first-order chi connectivity index (χ1) is 8.94. The Balaban J connectivity index is 1.96. The number of carbonyl (C=O) groups is 1. The molecule has 0 spiro atoms. The van der Waals surface area contributed by atoms with E-state index in [4.69, 9.17) is 10.5 Å². The lowest BCUT2D eigenvalue weighted by Crippen LogP contribution is -2.59. The third-order valence-corrected chi connectivity index (χ3v) is 4.43. The number of morpholine rings is 1. The van der Waals surface area contributed by atoms with Crippen LogP contribution in [0.4, 0.5) is 0 Å². The van der Waals surface area contributed by atoms with Gasteiger partial charge in [-0.25, -0.2) is 0 Å². The van der Waals surface area contributed by atoms with Crippen LogP contribution in [0.1, 0.15) is 45.4 Å². The van der Waals surface area contributed by atoms with Gasteiger partial charge in [0.05, 0.1) is 12.2 Å². The summed E-state index contributed by atoms with van der Waals surface area (Å²) in [6, 6.07) is 0. The van der Waals surface area contributed by atoms with Crippen molar-refractivity contribution in [3.05, 3.63) is 0 Å². The Hall–Kier alpha value is -0.650. The molecule has 0 aromatic carbocycles. The second-order valence-corrected chi connectivity index (χ2v) is 6.29. The van der Waals surface area contributed by atoms with Gasteiger partial charge in [0.1, 0.15) is 0 Å². The quantitative estimate of drug-likeness (QED) is 0.738. The Morgan fingerprint density at radius 3 is 2.53 bits per heavy atom. The van der Waals surface area contributed by atoms with E-state index in [1.165, 1.54) is 12.8 Å². The Kier molecular flexibility index (Phi) is 4.48. The predicted molar refractivity (Wildman–Crippen MR) is 72.6 cm³/mol. The third-order valence-electron chi connectivity index (χ3n) is 4.43. The van der Waals surface area contributed by atoms with Crippen LogP contribution in [0, 0.1) is 0 Å². The van der Waals surface area contributed by atoms with E-state index in [-0.39, 0.29) is 0 Å². The van der Waals surface area contributed by atoms with Gasteiger partial charge in [-0.3, -0.25) is 9.69 Å². The maximum Gasteiger partial charge on any atom is 0.250 e. The molecule has 3 N–H and O–H groups in total. The first kappa shape index (κ1) is 14.8. The lowest BCUT2D eigenvalue weighted by atomic mass is 9.92. The van der Waals surface area contributed by atoms with Gasteiger partial charge in [0.25, 0.3) is 5.91 Å². The molecular weight excluding hydrogens is 244 g/mol. The van der Waals surface area contributed by atoms with Gasteiger partial charge in [-0.15, -0.1) is 0 Å². The zero-order valence-corrected chi connectivity index (χ0v) is 11.9. The lowest BCUT2D eigenvalue weighted by Gasteiger charge is -2.41. The molecule has 0 bridgehead atoms. The fourth-order valence-corrected chi connectivity index (χ4v) is 3.20. The highest BCUT2D eigenvalue weighted by atomic mass is 16.5. The monoisotopic (exact) mass is 270 g/mol. The second-order valence-electron chi connectivity index (χ2n) is 6.29. The van der Waals surface area contributed by atoms with Crippen LogP contribution in [0.3, 0.4) is 0 Å². The number of aliphatic hydroxyl groups is 1. The van der Waals surface area contributed by atoms with Crippen LogP contribution in [0.2, 0.25) is 0 Å². The Bertz CT molecular complexity index is 327. The van der Waals surface area contributed by atoms with Crippen LogP contribution >= 0.6 is 0 Å². The number of ether oxygens (including phenoxy) is 1. The number of hydrogen-bond acceptors (Lipinski definition) is 4. The molecule has 1 aliphatic carbocycles. The van der Waals surface area contributed by atoms with E-state index in [1.807, 2.05) is 0 Å². The standard InChI is InChI=1S/C14H26N2O3/c1-13(12(15)17)10-16(8-9-19-13)11-14(18)6-4-2-3-5-7-14/h18H,2-11H2,1H3,(H2,15,17). The van der Waals surface area contributed by atoms with Crippen molar-refractivity contribution in [2.24, 2.45) is 5.73 Å². The van der Waals surface area contributed by atoms with Gasteiger partial charge < -0.3 is 15.6 Å². The molecule has 1 saturated carbocycles. The van der Waals surface area contributed by atoms with Gasteiger partial charge in [0.2, 0.25) is 0 Å². The summed E-state index contributed by atoms with van der Waals surface area (Å²) in [4.78, 5) is 13.6. The SMILES string of the molecule is CC1(C(N)=O)CN(CC2(O)CCCCCC2)CCO1. The molecule has 2 aliphatic rings. The van der Waals surface area contributed by atoms with Crippen LogP contribution < -0.4 is 5.73 Å². The summed E-state index contributed by atoms with van der Waals surface area (Å²) >= 11 is 0. The van der Waals surface area contributed by atoms with Crippen molar-refractivity contribution in [1.82, 2.24) is 4.90 Å². The van der Waals surface area contributed by atoms with E-state index < -0.39 is 17.1 Å². The zero-order valence-electron chi connectivity index (χ0n) is 11.9. The highest BCUT2D eigenvalue weighted by molar-refractivity contribution is 5.83. The first-order valence-electron chi connectivity index (χ1n) is 7.32. The number of primary amides is 1. The van der Waals surface area contributed by atoms with Crippen LogP contribution in [0.25, 0.3) is 0 Å². The average molecular weight is 270 g/mol. The second kappa shape index (κ2) is 5.77. The van der Waals surface area contributed by atoms with Crippen molar-refractivity contribution in [3.63, 3.8) is 0 Å². The summed E-state index contributed by atoms with van der Waals surface area (Å²) in [6.07, 6.45) is 6.33. The van der Waals surface area contributed by atoms with E-state index in [0.29, 0.717) is 19.7 Å². The minimum absolute atomic E-state index is 0.426. The van der Waals surface area contributed by atoms with Crippen LogP contribution in [0.15, 0.2) is 0 Å². The summed E-state index contributed by atoms with van der Waals surface area (Å²) in [5.41, 5.74) is 3.88. The Labute approximate surface area is 115 Å². The molecule has 110 valence electrons. The average Bonchev–Trinajstić information content (AvgIpc) is 2.54. The highest BCUT2D eigenvalue weighted by Gasteiger charge is 2.40. The van der Waals surface area contributed by atoms with Crippen LogP contribution in [-0.4, -0.2) is 53.4 Å². The number of nitrogens with zero attached hydrogens (tertiary/aromatic N) is 1. The molecular formula is C14H26N2O3. The van der Waals surface area contributed by atoms with E-state index >= 15 is 0 Å². The number of nitrogens with two attached hydrogens (primary N) is 1. The summed E-state index contributed by atoms with van der Waals surface area (Å²) in [6.45, 7) is 4.09. The topological polar surface area (TPSA) is 75.8 Å². The summed E-state index contributed by atoms with van der Waals surface area (Å²) in [7, 11) is 0. The van der Waals surface area contributed by atoms with Crippen molar-refractivity contribution in [1.29, 1.82) is 0 Å². The van der Waals surface area contributed by atoms with E-state index in [9.17, 15) is 9.90 Å². The van der Waals surface area contributed by atoms with Crippen molar-refractivity contribution in [2.75, 3.05) is 26.2 Å². The molecule has 5 nitrogen and oxygen atoms in total. The number of β-amino-alcohol motifs (C(OH)–C–C–N with tert-alkyl or cyclic N) is 1. The Morgan fingerprint density at radius 2 is 1.95 bits per heavy atom. The number of hydrogen-bond donors (Lipinski definition) is 2. The fourth-order valence-electron chi connectivity index (χ4n) is 3.20. The number of rotatable bonds is 3. The lowest BCUT2D eigenvalue weighted by molar-refractivity contribution is -0.156. The minimum atomic E-state index is -0.917. The van der Waals surface area contributed by atoms with Gasteiger partial charge in [-0.1, -0.05) is 25.7 Å². The molecule has 5 heteroatoms. The highest BCUT2D eigenvalue weighted by Crippen LogP contribution is 2.29. The van der Waals surface area contributed by atoms with Gasteiger partial charge in [-0.2, -0.15) is 0 Å². The smallest absolute Gasteiger partial charge is 0.250 e. The van der Waals surface area contributed by atoms with Gasteiger partial charge in [-0.05, 0) is 19.8 Å². The van der Waals surface area contributed by atoms with Gasteiger partial charge in [0.15, 0.2) is 5.60 Å². The molecule has 0 aromatic rings. The van der Waals surface area contributed by atoms with E-state index in [2.05, 4.69) is 4.90 Å². The molecule has 0 aromatic heterocycles. The van der Waals surface area contributed by atoms with Crippen molar-refractivity contribution < 1.29 is 14.6 Å². The molecule has 1 aliphatic heterocycles. The number of carbonyl (C=O) groups excluding carboxylic acids is 1. The first-order valence-corrected chi connectivity index (χ1v) is 7.32. The van der Waals surface area contributed by atoms with Crippen LogP contribution in [-0.2, 0) is 9.53 Å². The zero-order chi connectivity index (χ0) is 13.9. The molecule has 1 saturated heterocycles. The molecule has 1 heterocycles. The predicted octanol–water partition coefficient (Wildman–Crippen LogP) is 0.648. The Morgan fingerprint density at radius 1 is 1.32 bits per heavy atom.